The summed E-state index contributed by atoms with van der Waals surface area (Å²) in [4.78, 5) is 76.0. The number of carbonyl (C=O) groups is 5. The zero-order valence-electron chi connectivity index (χ0n) is 22.4. The molecule has 2 heterocycles. The van der Waals surface area contributed by atoms with Crippen molar-refractivity contribution < 1.29 is 34.2 Å². The van der Waals surface area contributed by atoms with Crippen LogP contribution in [0.1, 0.15) is 29.8 Å². The van der Waals surface area contributed by atoms with E-state index in [2.05, 4.69) is 35.9 Å². The van der Waals surface area contributed by atoms with Gasteiger partial charge in [-0.2, -0.15) is 0 Å². The van der Waals surface area contributed by atoms with Gasteiger partial charge in [-0.05, 0) is 24.1 Å². The first kappa shape index (κ1) is 31.3. The smallest absolute Gasteiger partial charge is 0.326 e. The highest BCUT2D eigenvalue weighted by Crippen LogP contribution is 2.12. The Bertz CT molecular complexity index is 1340. The molecule has 1 aromatic carbocycles. The summed E-state index contributed by atoms with van der Waals surface area (Å²) < 4.78 is 0. The highest BCUT2D eigenvalue weighted by atomic mass is 16.4. The van der Waals surface area contributed by atoms with Crippen molar-refractivity contribution in [2.24, 2.45) is 11.5 Å². The fourth-order valence-electron chi connectivity index (χ4n) is 3.97. The van der Waals surface area contributed by atoms with Gasteiger partial charge >= 0.3 is 5.97 Å². The fourth-order valence-corrected chi connectivity index (χ4v) is 3.97. The molecule has 0 aliphatic carbocycles. The number of imidazole rings is 2. The Morgan fingerprint density at radius 1 is 0.786 bits per heavy atom. The lowest BCUT2D eigenvalue weighted by atomic mass is 10.0. The Balaban J connectivity index is 1.80. The minimum Gasteiger partial charge on any atom is -0.508 e. The van der Waals surface area contributed by atoms with Gasteiger partial charge in [-0.15, -0.1) is 0 Å². The number of phenolic OH excluding ortho intramolecular Hbond substituents is 1. The normalized spacial score (nSPS) is 13.7. The van der Waals surface area contributed by atoms with Crippen molar-refractivity contribution in [2.45, 2.75) is 56.3 Å². The van der Waals surface area contributed by atoms with Gasteiger partial charge in [0.25, 0.3) is 0 Å². The number of carboxylic acid groups (broad SMARTS) is 1. The topological polar surface area (TPSA) is 271 Å². The second-order valence-corrected chi connectivity index (χ2v) is 9.57. The molecule has 11 N–H and O–H groups in total. The summed E-state index contributed by atoms with van der Waals surface area (Å²) >= 11 is 0. The molecule has 0 aliphatic heterocycles. The van der Waals surface area contributed by atoms with Gasteiger partial charge < -0.3 is 47.6 Å². The number of amides is 4. The van der Waals surface area contributed by atoms with Gasteiger partial charge in [0.1, 0.15) is 23.9 Å². The molecule has 0 saturated carbocycles. The van der Waals surface area contributed by atoms with Crippen LogP contribution in [-0.4, -0.2) is 83.9 Å². The van der Waals surface area contributed by atoms with Crippen LogP contribution in [0.4, 0.5) is 0 Å². The number of aromatic hydroxyl groups is 1. The van der Waals surface area contributed by atoms with Gasteiger partial charge in [-0.25, -0.2) is 14.8 Å². The molecule has 4 unspecified atom stereocenters. The molecule has 3 rings (SSSR count). The average molecular weight is 584 g/mol. The molecule has 0 spiro atoms. The molecule has 16 nitrogen and oxygen atoms in total. The molecule has 3 aromatic rings. The largest absolute Gasteiger partial charge is 0.508 e. The number of hydrogen-bond acceptors (Lipinski definition) is 9. The summed E-state index contributed by atoms with van der Waals surface area (Å²) in [6.45, 7) is 0. The van der Waals surface area contributed by atoms with E-state index in [1.54, 1.807) is 12.1 Å². The number of nitrogens with zero attached hydrogens (tertiary/aromatic N) is 2. The Morgan fingerprint density at radius 3 is 1.79 bits per heavy atom. The first-order valence-electron chi connectivity index (χ1n) is 12.9. The molecule has 0 fully saturated rings. The fraction of sp³-hybridized carbons (Fsp3) is 0.346. The van der Waals surface area contributed by atoms with Gasteiger partial charge in [0, 0.05) is 49.5 Å². The van der Waals surface area contributed by atoms with Crippen molar-refractivity contribution >= 4 is 29.6 Å². The Kier molecular flexibility index (Phi) is 11.1. The zero-order valence-corrected chi connectivity index (χ0v) is 22.4. The van der Waals surface area contributed by atoms with Crippen LogP contribution in [-0.2, 0) is 43.2 Å². The molecule has 224 valence electrons. The van der Waals surface area contributed by atoms with Crippen LogP contribution in [0.15, 0.2) is 49.3 Å². The number of carbonyl (C=O) groups excluding carboxylic acids is 4. The number of aromatic amines is 2. The number of primary amides is 1. The van der Waals surface area contributed by atoms with Crippen LogP contribution in [0.5, 0.6) is 5.75 Å². The van der Waals surface area contributed by atoms with Crippen molar-refractivity contribution in [3.05, 3.63) is 66.3 Å². The number of aromatic nitrogens is 4. The van der Waals surface area contributed by atoms with E-state index in [0.717, 1.165) is 0 Å². The van der Waals surface area contributed by atoms with E-state index in [1.165, 1.54) is 37.2 Å². The second-order valence-electron chi connectivity index (χ2n) is 9.57. The molecule has 0 bridgehead atoms. The predicted molar refractivity (Wildman–Crippen MR) is 146 cm³/mol. The number of hydrogen-bond donors (Lipinski definition) is 9. The third-order valence-corrected chi connectivity index (χ3v) is 6.25. The number of aliphatic carboxylic acids is 1. The third-order valence-electron chi connectivity index (χ3n) is 6.25. The van der Waals surface area contributed by atoms with E-state index in [0.29, 0.717) is 17.0 Å². The highest BCUT2D eigenvalue weighted by molar-refractivity contribution is 5.94. The van der Waals surface area contributed by atoms with Gasteiger partial charge in [-0.1, -0.05) is 12.1 Å². The first-order valence-corrected chi connectivity index (χ1v) is 12.9. The van der Waals surface area contributed by atoms with Crippen molar-refractivity contribution in [3.63, 3.8) is 0 Å². The maximum absolute atomic E-state index is 13.5. The molecule has 42 heavy (non-hydrogen) atoms. The van der Waals surface area contributed by atoms with Crippen LogP contribution in [0.25, 0.3) is 0 Å². The number of nitrogens with one attached hydrogen (secondary N) is 5. The third kappa shape index (κ3) is 9.74. The van der Waals surface area contributed by atoms with Crippen LogP contribution >= 0.6 is 0 Å². The second kappa shape index (κ2) is 14.9. The standard InChI is InChI=1S/C26H33N9O7/c27-18(5-6-22(28)37)23(38)33-19(7-14-1-3-17(36)4-2-14)24(39)34-20(8-15-10-29-12-31-15)25(40)35-21(26(41)42)9-16-11-30-13-32-16/h1-4,10-13,18-21,36H,5-9,27H2,(H2,28,37)(H,29,31)(H,30,32)(H,33,38)(H,34,39)(H,35,40)(H,41,42). The van der Waals surface area contributed by atoms with Crippen LogP contribution in [0.3, 0.4) is 0 Å². The quantitative estimate of drug-likeness (QED) is 0.0894. The average Bonchev–Trinajstić information content (AvgIpc) is 3.66. The van der Waals surface area contributed by atoms with Gasteiger partial charge in [0.15, 0.2) is 0 Å². The molecule has 2 aromatic heterocycles. The first-order chi connectivity index (χ1) is 20.0. The van der Waals surface area contributed by atoms with E-state index in [4.69, 9.17) is 11.5 Å². The number of phenols is 1. The number of rotatable bonds is 16. The summed E-state index contributed by atoms with van der Waals surface area (Å²) in [7, 11) is 0. The van der Waals surface area contributed by atoms with Crippen molar-refractivity contribution in [1.82, 2.24) is 35.9 Å². The van der Waals surface area contributed by atoms with Crippen LogP contribution < -0.4 is 27.4 Å². The summed E-state index contributed by atoms with van der Waals surface area (Å²) in [6.07, 6.45) is 5.23. The van der Waals surface area contributed by atoms with Gasteiger partial charge in [0.05, 0.1) is 18.7 Å². The lowest BCUT2D eigenvalue weighted by Crippen LogP contribution is -2.58. The lowest BCUT2D eigenvalue weighted by Gasteiger charge is -2.25. The summed E-state index contributed by atoms with van der Waals surface area (Å²) in [5.41, 5.74) is 12.5. The van der Waals surface area contributed by atoms with E-state index < -0.39 is 53.8 Å². The van der Waals surface area contributed by atoms with Crippen LogP contribution in [0, 0.1) is 0 Å². The highest BCUT2D eigenvalue weighted by Gasteiger charge is 2.31. The number of carboxylic acids is 1. The molecule has 0 aliphatic rings. The molecule has 0 saturated heterocycles. The Morgan fingerprint density at radius 2 is 1.29 bits per heavy atom. The molecule has 0 radical (unpaired) electrons. The van der Waals surface area contributed by atoms with E-state index in [1.807, 2.05) is 0 Å². The summed E-state index contributed by atoms with van der Waals surface area (Å²) in [6, 6.07) is 0.928. The Labute approximate surface area is 239 Å². The summed E-state index contributed by atoms with van der Waals surface area (Å²) in [5.74, 6) is -4.23. The minimum absolute atomic E-state index is 0.00309. The molecular weight excluding hydrogens is 550 g/mol. The molecule has 4 atom stereocenters. The number of benzene rings is 1. The zero-order chi connectivity index (χ0) is 30.6. The van der Waals surface area contributed by atoms with E-state index in [-0.39, 0.29) is 37.9 Å². The predicted octanol–water partition coefficient (Wildman–Crippen LogP) is -2.00. The monoisotopic (exact) mass is 583 g/mol. The maximum atomic E-state index is 13.5. The number of nitrogens with two attached hydrogens (primary N) is 2. The molecule has 16 heteroatoms. The lowest BCUT2D eigenvalue weighted by molar-refractivity contribution is -0.142. The maximum Gasteiger partial charge on any atom is 0.326 e. The van der Waals surface area contributed by atoms with Gasteiger partial charge in [0.2, 0.25) is 23.6 Å². The van der Waals surface area contributed by atoms with Crippen molar-refractivity contribution in [1.29, 1.82) is 0 Å². The molecule has 4 amide bonds. The van der Waals surface area contributed by atoms with Crippen molar-refractivity contribution in [2.75, 3.05) is 0 Å². The number of H-pyrrole nitrogens is 2. The SMILES string of the molecule is NC(=O)CCC(N)C(=O)NC(Cc1ccc(O)cc1)C(=O)NC(Cc1cnc[nH]1)C(=O)NC(Cc1cnc[nH]1)C(=O)O. The van der Waals surface area contributed by atoms with Gasteiger partial charge in [-0.3, -0.25) is 19.2 Å². The van der Waals surface area contributed by atoms with E-state index in [9.17, 15) is 34.2 Å². The molecular formula is C26H33N9O7. The summed E-state index contributed by atoms with van der Waals surface area (Å²) in [5, 5.41) is 26.9. The Hall–Kier alpha value is -5.25. The van der Waals surface area contributed by atoms with E-state index >= 15 is 0 Å². The van der Waals surface area contributed by atoms with Crippen molar-refractivity contribution in [3.8, 4) is 5.75 Å². The van der Waals surface area contributed by atoms with Crippen LogP contribution in [0.2, 0.25) is 0 Å². The minimum atomic E-state index is -1.34.